The number of carbonyl (C=O) groups is 2. The van der Waals surface area contributed by atoms with E-state index >= 15 is 0 Å². The smallest absolute Gasteiger partial charge is 0.352 e. The van der Waals surface area contributed by atoms with E-state index in [1.165, 1.54) is 0 Å². The average molecular weight is 262 g/mol. The van der Waals surface area contributed by atoms with Crippen molar-refractivity contribution in [2.45, 2.75) is 19.3 Å². The molecule has 1 saturated heterocycles. The number of hydrogen-bond donors (Lipinski definition) is 2. The summed E-state index contributed by atoms with van der Waals surface area (Å²) in [5, 5.41) is 0. The second-order valence-electron chi connectivity index (χ2n) is 4.46. The number of benzene rings is 1. The SMILES string of the molecule is C=CCOC(=O)C(C)(C)c1ccccc1.O=C1NN1. The molecule has 2 N–H and O–H groups in total. The first-order valence-electron chi connectivity index (χ1n) is 5.88. The van der Waals surface area contributed by atoms with E-state index in [0.29, 0.717) is 0 Å². The molecule has 0 saturated carbocycles. The Hall–Kier alpha value is -2.30. The molecule has 5 heteroatoms. The average Bonchev–Trinajstić information content (AvgIpc) is 3.20. The van der Waals surface area contributed by atoms with Gasteiger partial charge in [-0.15, -0.1) is 0 Å². The highest BCUT2D eigenvalue weighted by atomic mass is 16.5. The fourth-order valence-electron chi connectivity index (χ4n) is 1.31. The third-order valence-electron chi connectivity index (χ3n) is 2.57. The van der Waals surface area contributed by atoms with Crippen molar-refractivity contribution in [1.29, 1.82) is 0 Å². The number of ether oxygens (including phenoxy) is 1. The van der Waals surface area contributed by atoms with Crippen molar-refractivity contribution in [2.24, 2.45) is 0 Å². The Balaban J connectivity index is 0.000000382. The van der Waals surface area contributed by atoms with Gasteiger partial charge in [0.15, 0.2) is 0 Å². The molecule has 1 heterocycles. The van der Waals surface area contributed by atoms with E-state index in [0.717, 1.165) is 5.56 Å². The Kier molecular flexibility index (Phi) is 5.11. The largest absolute Gasteiger partial charge is 0.461 e. The van der Waals surface area contributed by atoms with Crippen LogP contribution in [0.3, 0.4) is 0 Å². The van der Waals surface area contributed by atoms with Gasteiger partial charge >= 0.3 is 12.0 Å². The van der Waals surface area contributed by atoms with Crippen molar-refractivity contribution in [1.82, 2.24) is 10.9 Å². The minimum Gasteiger partial charge on any atom is -0.461 e. The molecule has 1 aromatic rings. The van der Waals surface area contributed by atoms with Crippen molar-refractivity contribution in [3.05, 3.63) is 48.6 Å². The highest BCUT2D eigenvalue weighted by molar-refractivity contribution is 5.85. The third kappa shape index (κ3) is 4.83. The molecule has 1 aromatic carbocycles. The number of hydrazine groups is 1. The molecule has 0 unspecified atom stereocenters. The maximum Gasteiger partial charge on any atom is 0.352 e. The molecule has 1 aliphatic heterocycles. The third-order valence-corrected chi connectivity index (χ3v) is 2.57. The minimum atomic E-state index is -0.607. The standard InChI is InChI=1S/C13H16O2.CH2N2O/c1-4-10-15-12(14)13(2,3)11-8-6-5-7-9-11;4-1-2-3-1/h4-9H,1,10H2,2-3H3;(H2,2,3,4). The lowest BCUT2D eigenvalue weighted by atomic mass is 9.85. The maximum atomic E-state index is 11.8. The number of rotatable bonds is 4. The summed E-state index contributed by atoms with van der Waals surface area (Å²) in [6, 6.07) is 9.52. The monoisotopic (exact) mass is 262 g/mol. The van der Waals surface area contributed by atoms with E-state index in [4.69, 9.17) is 4.74 Å². The summed E-state index contributed by atoms with van der Waals surface area (Å²) >= 11 is 0. The van der Waals surface area contributed by atoms with E-state index in [9.17, 15) is 9.59 Å². The van der Waals surface area contributed by atoms with Gasteiger partial charge in [0.25, 0.3) is 0 Å². The Morgan fingerprint density at radius 2 is 1.84 bits per heavy atom. The van der Waals surface area contributed by atoms with Gasteiger partial charge in [-0.2, -0.15) is 0 Å². The van der Waals surface area contributed by atoms with Gasteiger partial charge in [-0.1, -0.05) is 43.0 Å². The summed E-state index contributed by atoms with van der Waals surface area (Å²) < 4.78 is 5.05. The number of amides is 2. The zero-order chi connectivity index (χ0) is 14.3. The predicted molar refractivity (Wildman–Crippen MR) is 72.3 cm³/mol. The number of hydrogen-bond acceptors (Lipinski definition) is 3. The van der Waals surface area contributed by atoms with Crippen LogP contribution in [-0.4, -0.2) is 18.6 Å². The quantitative estimate of drug-likeness (QED) is 0.493. The topological polar surface area (TPSA) is 87.2 Å². The van der Waals surface area contributed by atoms with Gasteiger partial charge in [0.2, 0.25) is 0 Å². The molecular weight excluding hydrogens is 244 g/mol. The van der Waals surface area contributed by atoms with E-state index in [-0.39, 0.29) is 18.6 Å². The number of carbonyl (C=O) groups excluding carboxylic acids is 2. The Bertz CT molecular complexity index is 449. The number of nitrogens with one attached hydrogen (secondary N) is 2. The van der Waals surface area contributed by atoms with E-state index in [2.05, 4.69) is 17.4 Å². The second-order valence-corrected chi connectivity index (χ2v) is 4.46. The van der Waals surface area contributed by atoms with Gasteiger partial charge in [-0.05, 0) is 19.4 Å². The van der Waals surface area contributed by atoms with Crippen LogP contribution >= 0.6 is 0 Å². The van der Waals surface area contributed by atoms with Crippen LogP contribution in [0.15, 0.2) is 43.0 Å². The van der Waals surface area contributed by atoms with Crippen molar-refractivity contribution >= 4 is 12.0 Å². The molecule has 5 nitrogen and oxygen atoms in total. The summed E-state index contributed by atoms with van der Waals surface area (Å²) in [7, 11) is 0. The highest BCUT2D eigenvalue weighted by Gasteiger charge is 2.30. The molecule has 1 aliphatic rings. The fourth-order valence-corrected chi connectivity index (χ4v) is 1.31. The highest BCUT2D eigenvalue weighted by Crippen LogP contribution is 2.24. The molecule has 0 spiro atoms. The Morgan fingerprint density at radius 1 is 1.32 bits per heavy atom. The van der Waals surface area contributed by atoms with Crippen LogP contribution in [0.1, 0.15) is 19.4 Å². The molecule has 1 fully saturated rings. The molecule has 2 amide bonds. The molecular formula is C14H18N2O3. The van der Waals surface area contributed by atoms with Crippen LogP contribution in [0.2, 0.25) is 0 Å². The van der Waals surface area contributed by atoms with Crippen LogP contribution in [0.25, 0.3) is 0 Å². The zero-order valence-electron chi connectivity index (χ0n) is 11.1. The van der Waals surface area contributed by atoms with Gasteiger partial charge in [-0.3, -0.25) is 4.79 Å². The molecule has 2 rings (SSSR count). The first-order chi connectivity index (χ1) is 8.98. The van der Waals surface area contributed by atoms with Crippen LogP contribution < -0.4 is 10.9 Å². The Morgan fingerprint density at radius 3 is 2.26 bits per heavy atom. The first kappa shape index (κ1) is 14.8. The zero-order valence-corrected chi connectivity index (χ0v) is 11.1. The predicted octanol–water partition coefficient (Wildman–Crippen LogP) is 1.91. The van der Waals surface area contributed by atoms with Crippen LogP contribution in [0.5, 0.6) is 0 Å². The summed E-state index contributed by atoms with van der Waals surface area (Å²) in [5.74, 6) is -0.228. The van der Waals surface area contributed by atoms with E-state index in [1.807, 2.05) is 44.2 Å². The van der Waals surface area contributed by atoms with E-state index < -0.39 is 5.41 Å². The molecule has 0 bridgehead atoms. The lowest BCUT2D eigenvalue weighted by molar-refractivity contribution is -0.148. The molecule has 0 aromatic heterocycles. The number of urea groups is 1. The summed E-state index contributed by atoms with van der Waals surface area (Å²) in [5.41, 5.74) is 4.77. The molecule has 102 valence electrons. The number of esters is 1. The normalized spacial score (nSPS) is 12.2. The van der Waals surface area contributed by atoms with Crippen LogP contribution in [0, 0.1) is 0 Å². The van der Waals surface area contributed by atoms with Crippen molar-refractivity contribution in [3.63, 3.8) is 0 Å². The maximum absolute atomic E-state index is 11.8. The molecule has 0 radical (unpaired) electrons. The first-order valence-corrected chi connectivity index (χ1v) is 5.88. The van der Waals surface area contributed by atoms with Crippen molar-refractivity contribution < 1.29 is 14.3 Å². The van der Waals surface area contributed by atoms with Crippen LogP contribution in [0.4, 0.5) is 4.79 Å². The molecule has 19 heavy (non-hydrogen) atoms. The molecule has 0 aliphatic carbocycles. The summed E-state index contributed by atoms with van der Waals surface area (Å²) in [6.07, 6.45) is 1.57. The Labute approximate surface area is 112 Å². The van der Waals surface area contributed by atoms with Gasteiger partial charge in [0.05, 0.1) is 5.41 Å². The van der Waals surface area contributed by atoms with Crippen molar-refractivity contribution in [2.75, 3.05) is 6.61 Å². The van der Waals surface area contributed by atoms with Crippen LogP contribution in [-0.2, 0) is 14.9 Å². The summed E-state index contributed by atoms with van der Waals surface area (Å²) in [6.45, 7) is 7.48. The molecule has 0 atom stereocenters. The fraction of sp³-hybridized carbons (Fsp3) is 0.286. The lowest BCUT2D eigenvalue weighted by Gasteiger charge is -2.22. The minimum absolute atomic E-state index is 0.0833. The van der Waals surface area contributed by atoms with E-state index in [1.54, 1.807) is 6.08 Å². The van der Waals surface area contributed by atoms with Gasteiger partial charge < -0.3 is 4.74 Å². The van der Waals surface area contributed by atoms with Gasteiger partial charge in [0, 0.05) is 0 Å². The van der Waals surface area contributed by atoms with Gasteiger partial charge in [-0.25, -0.2) is 15.6 Å². The lowest BCUT2D eigenvalue weighted by Crippen LogP contribution is -2.31. The summed E-state index contributed by atoms with van der Waals surface area (Å²) in [4.78, 5) is 21.1. The second kappa shape index (κ2) is 6.58. The van der Waals surface area contributed by atoms with Gasteiger partial charge in [0.1, 0.15) is 6.61 Å². The van der Waals surface area contributed by atoms with Crippen molar-refractivity contribution in [3.8, 4) is 0 Å².